The predicted octanol–water partition coefficient (Wildman–Crippen LogP) is 4.74. The number of carbonyl (C=O) groups is 5. The van der Waals surface area contributed by atoms with E-state index < -0.39 is 59.5 Å². The second kappa shape index (κ2) is 19.7. The number of alkyl halides is 1. The Bertz CT molecular complexity index is 1350. The monoisotopic (exact) mass is 731 g/mol. The number of carboxylic acids is 1. The highest BCUT2D eigenvalue weighted by Crippen LogP contribution is 2.32. The molecule has 0 radical (unpaired) electrons. The number of aliphatic carboxylic acids is 1. The first-order valence-electron chi connectivity index (χ1n) is 18.9. The highest BCUT2D eigenvalue weighted by atomic mass is 19.1. The number of hydrogen-bond donors (Lipinski definition) is 2. The summed E-state index contributed by atoms with van der Waals surface area (Å²) in [5.41, 5.74) is -1.14. The van der Waals surface area contributed by atoms with Gasteiger partial charge in [0.05, 0.1) is 36.6 Å². The lowest BCUT2D eigenvalue weighted by Crippen LogP contribution is -2.54. The summed E-state index contributed by atoms with van der Waals surface area (Å²) in [4.78, 5) is 70.3. The summed E-state index contributed by atoms with van der Waals surface area (Å²) < 4.78 is 27.2. The van der Waals surface area contributed by atoms with Crippen molar-refractivity contribution in [1.29, 1.82) is 0 Å². The molecule has 11 nitrogen and oxygen atoms in total. The van der Waals surface area contributed by atoms with Crippen molar-refractivity contribution < 1.29 is 42.9 Å². The summed E-state index contributed by atoms with van der Waals surface area (Å²) in [5, 5.41) is 12.8. The zero-order valence-electron chi connectivity index (χ0n) is 32.4. The molecule has 1 aromatic rings. The zero-order chi connectivity index (χ0) is 38.7. The molecule has 292 valence electrons. The quantitative estimate of drug-likeness (QED) is 0.183. The fourth-order valence-corrected chi connectivity index (χ4v) is 8.07. The molecule has 0 aromatic heterocycles. The van der Waals surface area contributed by atoms with Gasteiger partial charge in [-0.1, -0.05) is 71.4 Å². The Kier molecular flexibility index (Phi) is 16.4. The summed E-state index contributed by atoms with van der Waals surface area (Å²) in [5.74, 6) is -4.88. The van der Waals surface area contributed by atoms with Crippen LogP contribution in [0, 0.1) is 29.6 Å². The number of ketones is 2. The summed E-state index contributed by atoms with van der Waals surface area (Å²) in [7, 11) is 4.70. The van der Waals surface area contributed by atoms with E-state index in [-0.39, 0.29) is 68.1 Å². The smallest absolute Gasteiger partial charge is 0.307 e. The molecule has 2 fully saturated rings. The number of carbonyl (C=O) groups excluding carboxylic acids is 4. The summed E-state index contributed by atoms with van der Waals surface area (Å²) in [6.45, 7) is 10.3. The van der Waals surface area contributed by atoms with E-state index in [4.69, 9.17) is 9.47 Å². The van der Waals surface area contributed by atoms with Gasteiger partial charge in [0.15, 0.2) is 11.5 Å². The number of Topliss-reactive ketones (excluding diaryl/α,β-unsaturated/α-hetero) is 2. The van der Waals surface area contributed by atoms with Crippen LogP contribution in [-0.4, -0.2) is 115 Å². The highest BCUT2D eigenvalue weighted by molar-refractivity contribution is 5.92. The number of amides is 2. The predicted molar refractivity (Wildman–Crippen MR) is 196 cm³/mol. The number of nitrogens with zero attached hydrogens (tertiary/aromatic N) is 2. The van der Waals surface area contributed by atoms with Gasteiger partial charge in [0.2, 0.25) is 11.8 Å². The zero-order valence-corrected chi connectivity index (χ0v) is 32.4. The molecule has 0 spiro atoms. The minimum Gasteiger partial charge on any atom is -0.481 e. The third kappa shape index (κ3) is 10.7. The molecule has 1 aromatic carbocycles. The molecule has 0 bridgehead atoms. The second-order valence-corrected chi connectivity index (χ2v) is 15.4. The van der Waals surface area contributed by atoms with Crippen molar-refractivity contribution in [3.8, 4) is 0 Å². The van der Waals surface area contributed by atoms with Gasteiger partial charge < -0.3 is 29.7 Å². The van der Waals surface area contributed by atoms with Gasteiger partial charge in [0.1, 0.15) is 5.78 Å². The van der Waals surface area contributed by atoms with Gasteiger partial charge in [0.25, 0.3) is 0 Å². The summed E-state index contributed by atoms with van der Waals surface area (Å²) >= 11 is 0. The van der Waals surface area contributed by atoms with Crippen LogP contribution < -0.4 is 5.32 Å². The fraction of sp³-hybridized carbons (Fsp3) is 0.725. The normalized spacial score (nSPS) is 23.0. The number of ether oxygens (including phenoxy) is 2. The Morgan fingerprint density at radius 2 is 1.71 bits per heavy atom. The minimum atomic E-state index is -1.97. The van der Waals surface area contributed by atoms with Crippen LogP contribution in [0.15, 0.2) is 30.3 Å². The molecular formula is C40H62FN3O8. The molecule has 2 aliphatic rings. The van der Waals surface area contributed by atoms with Gasteiger partial charge in [0, 0.05) is 65.5 Å². The standard InChI is InChI=1S/C40H62FN3O8/c1-9-26(4)36(43(6)38(48)30(25(2)3)22-34(46)40(41)17-18-42-24-40)33(51-7)23-35(47)44-19-13-16-31(44)37(52-8)27(5)32(45)21-29(39(49)50)20-28-14-11-10-12-15-28/h10-12,14-15,25-27,29-31,33,36-37,42H,9,13,16-24H2,1-8H3,(H,49,50)/t26-,27-,29+,30-,31-,33+,36-,37+,40+/m0/s1. The number of rotatable bonds is 21. The van der Waals surface area contributed by atoms with Crippen molar-refractivity contribution in [3.05, 3.63) is 35.9 Å². The molecule has 12 heteroatoms. The molecule has 2 saturated heterocycles. The number of nitrogens with one attached hydrogen (secondary N) is 1. The largest absolute Gasteiger partial charge is 0.481 e. The molecular weight excluding hydrogens is 669 g/mol. The van der Waals surface area contributed by atoms with E-state index in [1.165, 1.54) is 14.2 Å². The maximum absolute atomic E-state index is 15.3. The molecule has 0 saturated carbocycles. The van der Waals surface area contributed by atoms with E-state index in [9.17, 15) is 29.1 Å². The molecule has 2 amide bonds. The number of methoxy groups -OCH3 is 2. The van der Waals surface area contributed by atoms with Gasteiger partial charge in [-0.25, -0.2) is 4.39 Å². The molecule has 2 N–H and O–H groups in total. The van der Waals surface area contributed by atoms with Crippen molar-refractivity contribution in [2.75, 3.05) is 40.9 Å². The Hall–Kier alpha value is -3.22. The van der Waals surface area contributed by atoms with Crippen molar-refractivity contribution in [1.82, 2.24) is 15.1 Å². The van der Waals surface area contributed by atoms with Gasteiger partial charge in [-0.3, -0.25) is 24.0 Å². The third-order valence-electron chi connectivity index (χ3n) is 11.6. The third-order valence-corrected chi connectivity index (χ3v) is 11.6. The number of benzene rings is 1. The van der Waals surface area contributed by atoms with Gasteiger partial charge in [-0.15, -0.1) is 0 Å². The lowest BCUT2D eigenvalue weighted by atomic mass is 9.83. The van der Waals surface area contributed by atoms with E-state index in [0.29, 0.717) is 32.4 Å². The van der Waals surface area contributed by atoms with Gasteiger partial charge in [-0.2, -0.15) is 0 Å². The van der Waals surface area contributed by atoms with Gasteiger partial charge in [-0.05, 0) is 43.2 Å². The van der Waals surface area contributed by atoms with E-state index in [1.54, 1.807) is 23.8 Å². The Labute approximate surface area is 309 Å². The first kappa shape index (κ1) is 43.2. The average molecular weight is 732 g/mol. The number of likely N-dealkylation sites (tertiary alicyclic amines) is 1. The second-order valence-electron chi connectivity index (χ2n) is 15.4. The molecule has 0 unspecified atom stereocenters. The van der Waals surface area contributed by atoms with Crippen LogP contribution in [0.4, 0.5) is 4.39 Å². The number of likely N-dealkylation sites (N-methyl/N-ethyl adjacent to an activating group) is 1. The fourth-order valence-electron chi connectivity index (χ4n) is 8.07. The molecule has 9 atom stereocenters. The van der Waals surface area contributed by atoms with Crippen LogP contribution in [-0.2, 0) is 39.9 Å². The minimum absolute atomic E-state index is 0.0267. The van der Waals surface area contributed by atoms with E-state index in [0.717, 1.165) is 5.56 Å². The SMILES string of the molecule is CC[C@H](C)[C@@H]([C@@H](CC(=O)N1CCC[C@H]1[C@H](OC)[C@@H](C)C(=O)C[C@@H](Cc1ccccc1)C(=O)O)OC)N(C)C(=O)[C@@H](CC(=O)[C@@]1(F)CCNC1)C(C)C. The number of halogens is 1. The molecule has 52 heavy (non-hydrogen) atoms. The van der Waals surface area contributed by atoms with Gasteiger partial charge >= 0.3 is 5.97 Å². The molecule has 2 aliphatic heterocycles. The van der Waals surface area contributed by atoms with Crippen LogP contribution in [0.2, 0.25) is 0 Å². The first-order valence-corrected chi connectivity index (χ1v) is 18.9. The van der Waals surface area contributed by atoms with E-state index in [1.807, 2.05) is 58.0 Å². The Morgan fingerprint density at radius 1 is 1.04 bits per heavy atom. The number of hydrogen-bond acceptors (Lipinski definition) is 8. The average Bonchev–Trinajstić information content (AvgIpc) is 3.80. The molecule has 0 aliphatic carbocycles. The Balaban J connectivity index is 1.76. The van der Waals surface area contributed by atoms with Crippen LogP contribution in [0.3, 0.4) is 0 Å². The highest BCUT2D eigenvalue weighted by Gasteiger charge is 2.46. The first-order chi connectivity index (χ1) is 24.6. The van der Waals surface area contributed by atoms with E-state index >= 15 is 4.39 Å². The maximum Gasteiger partial charge on any atom is 0.307 e. The van der Waals surface area contributed by atoms with Crippen LogP contribution >= 0.6 is 0 Å². The lowest BCUT2D eigenvalue weighted by Gasteiger charge is -2.41. The lowest BCUT2D eigenvalue weighted by molar-refractivity contribution is -0.150. The van der Waals surface area contributed by atoms with Crippen LogP contribution in [0.1, 0.15) is 85.1 Å². The van der Waals surface area contributed by atoms with Crippen molar-refractivity contribution >= 4 is 29.4 Å². The van der Waals surface area contributed by atoms with Crippen LogP contribution in [0.25, 0.3) is 0 Å². The number of carboxylic acid groups (broad SMARTS) is 1. The summed E-state index contributed by atoms with van der Waals surface area (Å²) in [6.07, 6.45) is 0.652. The summed E-state index contributed by atoms with van der Waals surface area (Å²) in [6, 6.07) is 8.30. The van der Waals surface area contributed by atoms with Crippen molar-refractivity contribution in [2.45, 2.75) is 116 Å². The topological polar surface area (TPSA) is 143 Å². The van der Waals surface area contributed by atoms with Crippen LogP contribution in [0.5, 0.6) is 0 Å². The van der Waals surface area contributed by atoms with Crippen molar-refractivity contribution in [2.24, 2.45) is 29.6 Å². The Morgan fingerprint density at radius 3 is 2.25 bits per heavy atom. The molecule has 2 heterocycles. The molecule has 3 rings (SSSR count). The van der Waals surface area contributed by atoms with Crippen molar-refractivity contribution in [3.63, 3.8) is 0 Å². The maximum atomic E-state index is 15.3. The van der Waals surface area contributed by atoms with E-state index in [2.05, 4.69) is 5.32 Å².